The molecular weight excluding hydrogens is 530 g/mol. The fourth-order valence-electron chi connectivity index (χ4n) is 3.19. The molecule has 2 aromatic heterocycles. The third-order valence-electron chi connectivity index (χ3n) is 5.08. The summed E-state index contributed by atoms with van der Waals surface area (Å²) < 4.78 is 30.1. The summed E-state index contributed by atoms with van der Waals surface area (Å²) in [6.45, 7) is 4.79. The number of aromatic nitrogens is 2. The van der Waals surface area contributed by atoms with Crippen molar-refractivity contribution in [2.45, 2.75) is 25.2 Å². The Bertz CT molecular complexity index is 1430. The van der Waals surface area contributed by atoms with Gasteiger partial charge in [-0.2, -0.15) is 0 Å². The predicted molar refractivity (Wildman–Crippen MR) is 147 cm³/mol. The van der Waals surface area contributed by atoms with E-state index in [1.54, 1.807) is 18.3 Å². The van der Waals surface area contributed by atoms with E-state index in [4.69, 9.17) is 16.3 Å². The van der Waals surface area contributed by atoms with Crippen LogP contribution in [0, 0.1) is 5.92 Å². The Labute approximate surface area is 226 Å². The fraction of sp³-hybridized carbons (Fsp3) is 0.269. The van der Waals surface area contributed by atoms with Crippen molar-refractivity contribution in [3.05, 3.63) is 71.1 Å². The maximum atomic E-state index is 13.3. The molecule has 0 aliphatic carbocycles. The van der Waals surface area contributed by atoms with Gasteiger partial charge in [-0.3, -0.25) is 14.6 Å². The average molecular weight is 558 g/mol. The number of hydrogen-bond acceptors (Lipinski definition) is 8. The molecule has 0 bridgehead atoms. The lowest BCUT2D eigenvalue weighted by Crippen LogP contribution is -2.21. The molecule has 0 unspecified atom stereocenters. The van der Waals surface area contributed by atoms with E-state index < -0.39 is 21.7 Å². The first kappa shape index (κ1) is 28.7. The molecule has 0 aliphatic rings. The van der Waals surface area contributed by atoms with Crippen molar-refractivity contribution in [3.8, 4) is 5.75 Å². The Morgan fingerprint density at radius 3 is 2.61 bits per heavy atom. The minimum absolute atomic E-state index is 0.00765. The number of nitrogens with zero attached hydrogens (tertiary/aromatic N) is 3. The van der Waals surface area contributed by atoms with Crippen LogP contribution in [-0.4, -0.2) is 55.8 Å². The number of carbonyl (C=O) groups excluding carboxylic acids is 2. The van der Waals surface area contributed by atoms with Gasteiger partial charge in [0.25, 0.3) is 11.8 Å². The number of nitrogens with one attached hydrogen (secondary N) is 2. The van der Waals surface area contributed by atoms with Gasteiger partial charge in [0.2, 0.25) is 0 Å². The summed E-state index contributed by atoms with van der Waals surface area (Å²) >= 11 is 5.84. The van der Waals surface area contributed by atoms with E-state index in [1.807, 2.05) is 13.8 Å². The van der Waals surface area contributed by atoms with Crippen LogP contribution in [0.25, 0.3) is 0 Å². The predicted octanol–water partition coefficient (Wildman–Crippen LogP) is 4.53. The van der Waals surface area contributed by atoms with Gasteiger partial charge < -0.3 is 15.4 Å². The molecular formula is C26H28ClN5O5S. The van der Waals surface area contributed by atoms with Crippen molar-refractivity contribution < 1.29 is 22.7 Å². The van der Waals surface area contributed by atoms with E-state index >= 15 is 0 Å². The van der Waals surface area contributed by atoms with Gasteiger partial charge in [0, 0.05) is 37.3 Å². The molecule has 1 aromatic carbocycles. The van der Waals surface area contributed by atoms with Crippen molar-refractivity contribution >= 4 is 51.0 Å². The van der Waals surface area contributed by atoms with E-state index in [2.05, 4.69) is 25.6 Å². The number of hydrogen-bond donors (Lipinski definition) is 2. The summed E-state index contributed by atoms with van der Waals surface area (Å²) in [5.41, 5.74) is 0.181. The van der Waals surface area contributed by atoms with Crippen LogP contribution in [0.15, 0.2) is 64.7 Å². The highest BCUT2D eigenvalue weighted by atomic mass is 35.5. The van der Waals surface area contributed by atoms with Crippen LogP contribution in [0.3, 0.4) is 0 Å². The number of aliphatic imine (C=N–C) groups is 1. The smallest absolute Gasteiger partial charge is 0.277 e. The standard InChI is InChI=1S/C26H28ClN5O5S/c1-4-11-28-14-17(2)16-37-22-13-19(38(3,35)36)8-9-20(22)25(33)31-21-6-5-12-29-24(21)26(34)32-23-10-7-18(27)15-30-23/h5-10,12-15,17H,4,11,16H2,1-3H3,(H,31,33)(H,30,32,34)/t17-/m1/s1. The highest BCUT2D eigenvalue weighted by Gasteiger charge is 2.21. The van der Waals surface area contributed by atoms with Crippen LogP contribution in [-0.2, 0) is 9.84 Å². The molecule has 0 fully saturated rings. The number of benzene rings is 1. The summed E-state index contributed by atoms with van der Waals surface area (Å²) in [6, 6.07) is 10.2. The maximum absolute atomic E-state index is 13.3. The molecule has 2 amide bonds. The Morgan fingerprint density at radius 1 is 1.13 bits per heavy atom. The van der Waals surface area contributed by atoms with Gasteiger partial charge in [-0.1, -0.05) is 25.4 Å². The van der Waals surface area contributed by atoms with Gasteiger partial charge in [0.15, 0.2) is 15.5 Å². The average Bonchev–Trinajstić information content (AvgIpc) is 2.88. The van der Waals surface area contributed by atoms with E-state index in [0.29, 0.717) is 11.6 Å². The van der Waals surface area contributed by atoms with Gasteiger partial charge in [0.1, 0.15) is 11.6 Å². The lowest BCUT2D eigenvalue weighted by molar-refractivity contribution is 0.102. The van der Waals surface area contributed by atoms with E-state index in [0.717, 1.165) is 12.7 Å². The molecule has 12 heteroatoms. The van der Waals surface area contributed by atoms with Crippen LogP contribution in [0.1, 0.15) is 41.1 Å². The molecule has 2 N–H and O–H groups in total. The summed E-state index contributed by atoms with van der Waals surface area (Å²) in [7, 11) is -3.55. The van der Waals surface area contributed by atoms with Gasteiger partial charge in [0.05, 0.1) is 27.8 Å². The van der Waals surface area contributed by atoms with Crippen LogP contribution in [0.2, 0.25) is 5.02 Å². The molecule has 0 radical (unpaired) electrons. The minimum Gasteiger partial charge on any atom is -0.492 e. The number of halogens is 1. The number of pyridine rings is 2. The van der Waals surface area contributed by atoms with Crippen LogP contribution in [0.5, 0.6) is 5.75 Å². The number of rotatable bonds is 11. The monoisotopic (exact) mass is 557 g/mol. The largest absolute Gasteiger partial charge is 0.492 e. The normalized spacial score (nSPS) is 12.2. The SMILES string of the molecule is CCCN=C[C@@H](C)COc1cc(S(C)(=O)=O)ccc1C(=O)Nc1cccnc1C(=O)Nc1ccc(Cl)cn1. The molecule has 1 atom stereocenters. The third kappa shape index (κ3) is 8.09. The Hall–Kier alpha value is -3.83. The summed E-state index contributed by atoms with van der Waals surface area (Å²) in [5.74, 6) is -0.944. The van der Waals surface area contributed by atoms with Crippen molar-refractivity contribution in [2.24, 2.45) is 10.9 Å². The maximum Gasteiger partial charge on any atom is 0.277 e. The number of ether oxygens (including phenoxy) is 1. The first-order chi connectivity index (χ1) is 18.1. The molecule has 38 heavy (non-hydrogen) atoms. The second-order valence-electron chi connectivity index (χ2n) is 8.44. The number of anilines is 2. The zero-order valence-corrected chi connectivity index (χ0v) is 22.7. The Balaban J connectivity index is 1.85. The lowest BCUT2D eigenvalue weighted by Gasteiger charge is -2.15. The molecule has 3 rings (SSSR count). The first-order valence-corrected chi connectivity index (χ1v) is 14.0. The van der Waals surface area contributed by atoms with Crippen molar-refractivity contribution in [1.29, 1.82) is 0 Å². The van der Waals surface area contributed by atoms with Gasteiger partial charge in [-0.25, -0.2) is 18.4 Å². The number of sulfone groups is 1. The number of amides is 2. The number of carbonyl (C=O) groups is 2. The fourth-order valence-corrected chi connectivity index (χ4v) is 3.94. The second kappa shape index (κ2) is 13.1. The summed E-state index contributed by atoms with van der Waals surface area (Å²) in [5, 5.41) is 5.69. The van der Waals surface area contributed by atoms with E-state index in [1.165, 1.54) is 42.7 Å². The van der Waals surface area contributed by atoms with Crippen LogP contribution < -0.4 is 15.4 Å². The zero-order valence-electron chi connectivity index (χ0n) is 21.1. The molecule has 200 valence electrons. The topological polar surface area (TPSA) is 140 Å². The molecule has 0 saturated heterocycles. The Kier molecular flexibility index (Phi) is 9.91. The van der Waals surface area contributed by atoms with Crippen molar-refractivity contribution in [3.63, 3.8) is 0 Å². The molecule has 0 spiro atoms. The van der Waals surface area contributed by atoms with Gasteiger partial charge >= 0.3 is 0 Å². The van der Waals surface area contributed by atoms with Gasteiger partial charge in [-0.15, -0.1) is 0 Å². The van der Waals surface area contributed by atoms with E-state index in [9.17, 15) is 18.0 Å². The molecule has 0 saturated carbocycles. The lowest BCUT2D eigenvalue weighted by atomic mass is 10.1. The highest BCUT2D eigenvalue weighted by molar-refractivity contribution is 7.90. The van der Waals surface area contributed by atoms with E-state index in [-0.39, 0.29) is 45.9 Å². The van der Waals surface area contributed by atoms with Crippen LogP contribution in [0.4, 0.5) is 11.5 Å². The third-order valence-corrected chi connectivity index (χ3v) is 6.41. The zero-order chi connectivity index (χ0) is 27.7. The molecule has 0 aliphatic heterocycles. The molecule has 2 heterocycles. The molecule has 3 aromatic rings. The Morgan fingerprint density at radius 2 is 1.92 bits per heavy atom. The van der Waals surface area contributed by atoms with Crippen molar-refractivity contribution in [1.82, 2.24) is 9.97 Å². The van der Waals surface area contributed by atoms with Crippen LogP contribution >= 0.6 is 11.6 Å². The minimum atomic E-state index is -3.55. The quantitative estimate of drug-likeness (QED) is 0.330. The van der Waals surface area contributed by atoms with Gasteiger partial charge in [-0.05, 0) is 48.9 Å². The highest BCUT2D eigenvalue weighted by Crippen LogP contribution is 2.26. The second-order valence-corrected chi connectivity index (χ2v) is 10.9. The van der Waals surface area contributed by atoms with Crippen molar-refractivity contribution in [2.75, 3.05) is 30.0 Å². The summed E-state index contributed by atoms with van der Waals surface area (Å²) in [4.78, 5) is 38.5. The first-order valence-electron chi connectivity index (χ1n) is 11.7. The molecule has 10 nitrogen and oxygen atoms in total. The summed E-state index contributed by atoms with van der Waals surface area (Å²) in [6.07, 6.45) is 6.55.